The highest BCUT2D eigenvalue weighted by atomic mass is 35.6. The molecule has 4 rings (SSSR count). The molecule has 1 amide bonds. The van der Waals surface area contributed by atoms with Crippen LogP contribution in [0.4, 0.5) is 11.4 Å². The Balaban J connectivity index is 0.00000186. The first-order valence-corrected chi connectivity index (χ1v) is 23.8. The van der Waals surface area contributed by atoms with E-state index in [-0.39, 0.29) is 22.1 Å². The fraction of sp³-hybridized carbons (Fsp3) is 0.620. The standard InChI is InChI=1S/C40H56ClN3O.3C3H8O.CH3ClO3/c1-7-9-28-43-37(45)25-29-44-35-22-13-11-20-33(35)40(5,6)36(44)24-23-31-17-14-16-30(38(31)41)18-15-26-39(3,4)32-19-10-12-21-34(32)42-27-8-2;3*1-3-4-2;1-5-2(3)4/h10-13,15,18-24,30,38,42H,7-9,14,16-17,25-29H2,1-6H3,(H,43,45);3*3H2,1-2H3;1H3/p+1/b18-15+,31-23+,36-24+;;;;. The van der Waals surface area contributed by atoms with Gasteiger partial charge in [-0.1, -0.05) is 108 Å². The van der Waals surface area contributed by atoms with Gasteiger partial charge in [0.1, 0.15) is 12.8 Å². The van der Waals surface area contributed by atoms with E-state index in [1.807, 2.05) is 20.8 Å². The number of ether oxygens (including phenoxy) is 3. The predicted molar refractivity (Wildman–Crippen MR) is 252 cm³/mol. The summed E-state index contributed by atoms with van der Waals surface area (Å²) < 4.78 is 35.5. The normalized spacial score (nSPS) is 17.9. The van der Waals surface area contributed by atoms with Crippen molar-refractivity contribution in [2.45, 2.75) is 130 Å². The van der Waals surface area contributed by atoms with Gasteiger partial charge in [0.05, 0.1) is 11.9 Å². The molecule has 1 aliphatic heterocycles. The molecule has 0 bridgehead atoms. The summed E-state index contributed by atoms with van der Waals surface area (Å²) in [5.41, 5.74) is 7.75. The molecule has 62 heavy (non-hydrogen) atoms. The highest BCUT2D eigenvalue weighted by Gasteiger charge is 2.39. The van der Waals surface area contributed by atoms with Gasteiger partial charge in [0.2, 0.25) is 5.91 Å². The number of amides is 1. The lowest BCUT2D eigenvalue weighted by molar-refractivity contribution is -1.63. The maximum atomic E-state index is 12.6. The Morgan fingerprint density at radius 3 is 2.08 bits per heavy atom. The van der Waals surface area contributed by atoms with Crippen molar-refractivity contribution in [3.8, 4) is 0 Å². The summed E-state index contributed by atoms with van der Waals surface area (Å²) >= 11 is 7.22. The van der Waals surface area contributed by atoms with Crippen molar-refractivity contribution in [1.29, 1.82) is 0 Å². The molecule has 354 valence electrons. The fourth-order valence-corrected chi connectivity index (χ4v) is 7.37. The number of quaternary nitrogens is 1. The predicted octanol–water partition coefficient (Wildman–Crippen LogP) is 8.51. The molecule has 1 saturated carbocycles. The quantitative estimate of drug-likeness (QED) is 0.0659. The molecular formula is C50H84Cl2N3O7+. The third kappa shape index (κ3) is 22.2. The number of fused-ring (bicyclic) bond motifs is 1. The molecular weight excluding hydrogens is 825 g/mol. The number of anilines is 1. The molecule has 1 fully saturated rings. The van der Waals surface area contributed by atoms with E-state index in [0.717, 1.165) is 78.5 Å². The largest absolute Gasteiger partial charge is 0.385 e. The second kappa shape index (κ2) is 34.6. The number of carbonyl (C=O) groups excluding carboxylic acids is 1. The van der Waals surface area contributed by atoms with Gasteiger partial charge in [-0.05, 0) is 94.4 Å². The molecule has 12 heteroatoms. The van der Waals surface area contributed by atoms with Crippen molar-refractivity contribution in [2.75, 3.05) is 72.8 Å². The van der Waals surface area contributed by atoms with Crippen LogP contribution in [0.3, 0.4) is 0 Å². The van der Waals surface area contributed by atoms with Crippen LogP contribution in [0.1, 0.15) is 125 Å². The van der Waals surface area contributed by atoms with Crippen LogP contribution in [0.5, 0.6) is 0 Å². The molecule has 2 aromatic carbocycles. The average molecular weight is 910 g/mol. The number of hydrogen-bond acceptors (Lipinski definition) is 8. The number of carbonyl (C=O) groups is 1. The summed E-state index contributed by atoms with van der Waals surface area (Å²) in [4.78, 5) is 15.0. The zero-order valence-corrected chi connectivity index (χ0v) is 42.1. The molecule has 1 aliphatic carbocycles. The summed E-state index contributed by atoms with van der Waals surface area (Å²) in [5.74, 6) is 0.455. The van der Waals surface area contributed by atoms with E-state index in [1.165, 1.54) is 40.2 Å². The smallest absolute Gasteiger partial charge is 0.285 e. The number of alkyl halides is 1. The van der Waals surface area contributed by atoms with Crippen molar-refractivity contribution < 1.29 is 48.7 Å². The summed E-state index contributed by atoms with van der Waals surface area (Å²) in [6.07, 6.45) is 17.4. The lowest BCUT2D eigenvalue weighted by atomic mass is 9.79. The summed E-state index contributed by atoms with van der Waals surface area (Å²) in [7, 11) is 4.06. The summed E-state index contributed by atoms with van der Waals surface area (Å²) in [6, 6.07) is 17.5. The van der Waals surface area contributed by atoms with E-state index in [9.17, 15) is 4.79 Å². The van der Waals surface area contributed by atoms with E-state index < -0.39 is 10.8 Å². The van der Waals surface area contributed by atoms with Crippen LogP contribution in [0.2, 0.25) is 0 Å². The van der Waals surface area contributed by atoms with Gasteiger partial charge in [-0.3, -0.25) is 4.79 Å². The van der Waals surface area contributed by atoms with E-state index in [2.05, 4.69) is 148 Å². The molecule has 2 atom stereocenters. The fourth-order valence-electron chi connectivity index (χ4n) is 6.98. The van der Waals surface area contributed by atoms with Crippen LogP contribution in [0.25, 0.3) is 0 Å². The molecule has 2 aliphatic rings. The Morgan fingerprint density at radius 1 is 0.935 bits per heavy atom. The minimum absolute atomic E-state index is 0.00943. The van der Waals surface area contributed by atoms with Crippen molar-refractivity contribution in [3.05, 3.63) is 95.2 Å². The Kier molecular flexibility index (Phi) is 33.1. The van der Waals surface area contributed by atoms with Gasteiger partial charge in [0.25, 0.3) is 10.8 Å². The van der Waals surface area contributed by atoms with Crippen LogP contribution in [0, 0.1) is 16.7 Å². The maximum absolute atomic E-state index is 12.6. The highest BCUT2D eigenvalue weighted by molar-refractivity contribution is 6.22. The minimum atomic E-state index is -2.05. The molecule has 2 unspecified atom stereocenters. The molecule has 10 nitrogen and oxygen atoms in total. The summed E-state index contributed by atoms with van der Waals surface area (Å²) in [6.45, 7) is 24.5. The monoisotopic (exact) mass is 909 g/mol. The van der Waals surface area contributed by atoms with Gasteiger partial charge in [-0.2, -0.15) is 0 Å². The van der Waals surface area contributed by atoms with E-state index in [0.29, 0.717) is 18.9 Å². The van der Waals surface area contributed by atoms with Crippen molar-refractivity contribution >= 4 is 28.9 Å². The summed E-state index contributed by atoms with van der Waals surface area (Å²) in [5, 5.41) is 5.46. The SMILES string of the molecule is CCCCNC(=O)CCN1/C(=C/C=C2\CCCC(/C=C/CC(C)(C)c3ccccc3[NH2+]CCC)C2Cl)C(C)(C)c2ccccc21.CCOC.CCOC.CCOC.CO[Cl+2]([O-])[O-]. The van der Waals surface area contributed by atoms with Gasteiger partial charge < -0.3 is 39.1 Å². The van der Waals surface area contributed by atoms with Gasteiger partial charge in [0.15, 0.2) is 0 Å². The molecule has 0 radical (unpaired) electrons. The molecule has 0 spiro atoms. The van der Waals surface area contributed by atoms with Gasteiger partial charge in [-0.25, -0.2) is 0 Å². The number of allylic oxidation sites excluding steroid dienone is 6. The number of unbranched alkanes of at least 4 members (excludes halogenated alkanes) is 1. The first-order chi connectivity index (χ1) is 29.6. The Hall–Kier alpha value is -2.77. The van der Waals surface area contributed by atoms with E-state index in [1.54, 1.807) is 21.3 Å². The van der Waals surface area contributed by atoms with Crippen LogP contribution < -0.4 is 24.9 Å². The zero-order valence-electron chi connectivity index (χ0n) is 40.6. The topological polar surface area (TPSA) is 132 Å². The zero-order chi connectivity index (χ0) is 47.0. The van der Waals surface area contributed by atoms with Crippen molar-refractivity contribution in [1.82, 2.24) is 5.32 Å². The van der Waals surface area contributed by atoms with Crippen molar-refractivity contribution in [2.24, 2.45) is 5.92 Å². The van der Waals surface area contributed by atoms with Gasteiger partial charge in [-0.15, -0.1) is 11.6 Å². The molecule has 2 aromatic rings. The number of benzene rings is 2. The second-order valence-electron chi connectivity index (χ2n) is 16.2. The lowest BCUT2D eigenvalue weighted by Gasteiger charge is -2.29. The van der Waals surface area contributed by atoms with Crippen LogP contribution in [0.15, 0.2) is 84.1 Å². The molecule has 3 N–H and O–H groups in total. The second-order valence-corrected chi connectivity index (χ2v) is 17.3. The van der Waals surface area contributed by atoms with E-state index in [4.69, 9.17) is 20.9 Å². The molecule has 1 heterocycles. The van der Waals surface area contributed by atoms with Gasteiger partial charge >= 0.3 is 0 Å². The Bertz CT molecular complexity index is 1550. The number of nitrogens with two attached hydrogens (primary N) is 1. The minimum Gasteiger partial charge on any atom is -0.385 e. The Morgan fingerprint density at radius 2 is 1.52 bits per heavy atom. The average Bonchev–Trinajstić information content (AvgIpc) is 3.49. The number of para-hydroxylation sites is 2. The van der Waals surface area contributed by atoms with Crippen LogP contribution in [-0.2, 0) is 34.1 Å². The third-order valence-corrected chi connectivity index (χ3v) is 11.6. The maximum Gasteiger partial charge on any atom is 0.285 e. The van der Waals surface area contributed by atoms with Crippen LogP contribution in [-0.4, -0.2) is 79.2 Å². The van der Waals surface area contributed by atoms with Crippen molar-refractivity contribution in [3.63, 3.8) is 0 Å². The number of methoxy groups -OCH3 is 3. The number of hydrogen-bond donors (Lipinski definition) is 2. The highest BCUT2D eigenvalue weighted by Crippen LogP contribution is 2.48. The number of nitrogens with one attached hydrogen (secondary N) is 1. The third-order valence-electron chi connectivity index (χ3n) is 10.7. The lowest BCUT2D eigenvalue weighted by Crippen LogP contribution is -2.78. The number of halogens is 2. The van der Waals surface area contributed by atoms with E-state index >= 15 is 0 Å². The first-order valence-electron chi connectivity index (χ1n) is 22.5. The van der Waals surface area contributed by atoms with Gasteiger partial charge in [0, 0.05) is 87.3 Å². The molecule has 0 saturated heterocycles. The first kappa shape index (κ1) is 59.2. The Labute approximate surface area is 385 Å². The molecule has 0 aromatic heterocycles. The van der Waals surface area contributed by atoms with Crippen LogP contribution >= 0.6 is 11.6 Å². The number of rotatable bonds is 18. The number of nitrogens with zero attached hydrogens (tertiary/aromatic N) is 1.